The SMILES string of the molecule is CC(C(=O)Nc1ccc(Cl)c(C(F)(F)F)c1)N1CCC(C(=O)N2CCOCC2)CC1. The number of nitrogens with one attached hydrogen (secondary N) is 1. The maximum Gasteiger partial charge on any atom is 0.417 e. The van der Waals surface area contributed by atoms with E-state index in [9.17, 15) is 22.8 Å². The standard InChI is InChI=1S/C20H25ClF3N3O3/c1-13(18(28)25-15-2-3-17(21)16(12-15)20(22,23)24)26-6-4-14(5-7-26)19(29)27-8-10-30-11-9-27/h2-3,12-14H,4-11H2,1H3,(H,25,28). The number of nitrogens with zero attached hydrogens (tertiary/aromatic N) is 2. The quantitative estimate of drug-likeness (QED) is 0.769. The van der Waals surface area contributed by atoms with E-state index in [1.807, 2.05) is 9.80 Å². The largest absolute Gasteiger partial charge is 0.417 e. The molecule has 30 heavy (non-hydrogen) atoms. The van der Waals surface area contributed by atoms with Gasteiger partial charge in [0.05, 0.1) is 29.8 Å². The number of morpholine rings is 1. The van der Waals surface area contributed by atoms with Crippen molar-refractivity contribution in [1.29, 1.82) is 0 Å². The maximum atomic E-state index is 13.0. The summed E-state index contributed by atoms with van der Waals surface area (Å²) in [5, 5.41) is 2.12. The molecule has 1 N–H and O–H groups in total. The summed E-state index contributed by atoms with van der Waals surface area (Å²) in [7, 11) is 0. The van der Waals surface area contributed by atoms with E-state index in [0.717, 1.165) is 12.1 Å². The lowest BCUT2D eigenvalue weighted by Crippen LogP contribution is -2.50. The van der Waals surface area contributed by atoms with Crippen LogP contribution in [0.5, 0.6) is 0 Å². The Bertz CT molecular complexity index is 776. The van der Waals surface area contributed by atoms with E-state index < -0.39 is 28.7 Å². The lowest BCUT2D eigenvalue weighted by molar-refractivity contribution is -0.141. The molecule has 0 bridgehead atoms. The van der Waals surface area contributed by atoms with Crippen molar-refractivity contribution in [1.82, 2.24) is 9.80 Å². The van der Waals surface area contributed by atoms with Gasteiger partial charge in [-0.3, -0.25) is 14.5 Å². The minimum absolute atomic E-state index is 0.0426. The Labute approximate surface area is 178 Å². The highest BCUT2D eigenvalue weighted by atomic mass is 35.5. The van der Waals surface area contributed by atoms with Gasteiger partial charge in [0.15, 0.2) is 0 Å². The lowest BCUT2D eigenvalue weighted by Gasteiger charge is -2.37. The molecule has 2 amide bonds. The molecule has 1 atom stereocenters. The van der Waals surface area contributed by atoms with E-state index in [1.54, 1.807) is 6.92 Å². The molecule has 1 unspecified atom stereocenters. The number of ether oxygens (including phenoxy) is 1. The minimum atomic E-state index is -4.60. The van der Waals surface area contributed by atoms with Crippen LogP contribution in [0.4, 0.5) is 18.9 Å². The number of carbonyl (C=O) groups excluding carboxylic acids is 2. The van der Waals surface area contributed by atoms with Gasteiger partial charge in [0.2, 0.25) is 11.8 Å². The number of hydrogen-bond donors (Lipinski definition) is 1. The highest BCUT2D eigenvalue weighted by molar-refractivity contribution is 6.31. The molecule has 2 aliphatic rings. The van der Waals surface area contributed by atoms with Gasteiger partial charge < -0.3 is 15.0 Å². The first-order valence-electron chi connectivity index (χ1n) is 9.95. The predicted molar refractivity (Wildman–Crippen MR) is 106 cm³/mol. The van der Waals surface area contributed by atoms with Crippen molar-refractivity contribution in [3.05, 3.63) is 28.8 Å². The maximum absolute atomic E-state index is 13.0. The molecule has 166 valence electrons. The van der Waals surface area contributed by atoms with E-state index in [1.165, 1.54) is 6.07 Å². The molecule has 0 saturated carbocycles. The summed E-state index contributed by atoms with van der Waals surface area (Å²) in [6.07, 6.45) is -3.31. The number of alkyl halides is 3. The van der Waals surface area contributed by atoms with Gasteiger partial charge in [-0.15, -0.1) is 0 Å². The molecule has 0 aromatic heterocycles. The first kappa shape index (κ1) is 22.8. The molecule has 1 aromatic carbocycles. The number of benzene rings is 1. The second-order valence-corrected chi connectivity index (χ2v) is 8.01. The van der Waals surface area contributed by atoms with Gasteiger partial charge in [-0.1, -0.05) is 11.6 Å². The molecule has 0 aliphatic carbocycles. The summed E-state index contributed by atoms with van der Waals surface area (Å²) in [5.41, 5.74) is -0.946. The number of rotatable bonds is 4. The molecular weight excluding hydrogens is 423 g/mol. The molecule has 2 heterocycles. The van der Waals surface area contributed by atoms with Crippen LogP contribution in [0.2, 0.25) is 5.02 Å². The topological polar surface area (TPSA) is 61.9 Å². The van der Waals surface area contributed by atoms with Crippen molar-refractivity contribution in [2.75, 3.05) is 44.7 Å². The summed E-state index contributed by atoms with van der Waals surface area (Å²) in [5.74, 6) is -0.334. The van der Waals surface area contributed by atoms with Crippen molar-refractivity contribution < 1.29 is 27.5 Å². The van der Waals surface area contributed by atoms with Crippen molar-refractivity contribution in [2.24, 2.45) is 5.92 Å². The zero-order chi connectivity index (χ0) is 21.9. The first-order valence-corrected chi connectivity index (χ1v) is 10.3. The summed E-state index contributed by atoms with van der Waals surface area (Å²) >= 11 is 5.62. The fourth-order valence-corrected chi connectivity index (χ4v) is 4.03. The summed E-state index contributed by atoms with van der Waals surface area (Å²) in [6.45, 7) is 5.19. The van der Waals surface area contributed by atoms with E-state index in [-0.39, 0.29) is 17.5 Å². The second kappa shape index (κ2) is 9.53. The predicted octanol–water partition coefficient (Wildman–Crippen LogP) is 3.26. The number of likely N-dealkylation sites (tertiary alicyclic amines) is 1. The van der Waals surface area contributed by atoms with Gasteiger partial charge >= 0.3 is 6.18 Å². The van der Waals surface area contributed by atoms with Crippen molar-refractivity contribution in [3.63, 3.8) is 0 Å². The fourth-order valence-electron chi connectivity index (χ4n) is 3.81. The van der Waals surface area contributed by atoms with Crippen LogP contribution in [-0.4, -0.2) is 67.0 Å². The second-order valence-electron chi connectivity index (χ2n) is 7.61. The fraction of sp³-hybridized carbons (Fsp3) is 0.600. The van der Waals surface area contributed by atoms with Crippen LogP contribution >= 0.6 is 11.6 Å². The van der Waals surface area contributed by atoms with Crippen LogP contribution in [0.15, 0.2) is 18.2 Å². The Morgan fingerprint density at radius 3 is 2.40 bits per heavy atom. The monoisotopic (exact) mass is 447 g/mol. The van der Waals surface area contributed by atoms with Gasteiger partial charge in [0.1, 0.15) is 0 Å². The van der Waals surface area contributed by atoms with Crippen LogP contribution in [0, 0.1) is 5.92 Å². The number of halogens is 4. The Morgan fingerprint density at radius 1 is 1.17 bits per heavy atom. The van der Waals surface area contributed by atoms with E-state index in [4.69, 9.17) is 16.3 Å². The molecular formula is C20H25ClF3N3O3. The summed E-state index contributed by atoms with van der Waals surface area (Å²) in [6, 6.07) is 2.76. The third kappa shape index (κ3) is 5.44. The zero-order valence-corrected chi connectivity index (χ0v) is 17.4. The molecule has 2 fully saturated rings. The Morgan fingerprint density at radius 2 is 1.80 bits per heavy atom. The van der Waals surface area contributed by atoms with E-state index in [2.05, 4.69) is 5.32 Å². The summed E-state index contributed by atoms with van der Waals surface area (Å²) < 4.78 is 44.3. The number of hydrogen-bond acceptors (Lipinski definition) is 4. The number of piperidine rings is 1. The molecule has 1 aromatic rings. The number of anilines is 1. The van der Waals surface area contributed by atoms with Gasteiger partial charge in [-0.05, 0) is 51.1 Å². The smallest absolute Gasteiger partial charge is 0.378 e. The average Bonchev–Trinajstić information content (AvgIpc) is 2.74. The molecule has 2 aliphatic heterocycles. The molecule has 3 rings (SSSR count). The lowest BCUT2D eigenvalue weighted by atomic mass is 9.94. The molecule has 0 radical (unpaired) electrons. The number of carbonyl (C=O) groups is 2. The van der Waals surface area contributed by atoms with E-state index >= 15 is 0 Å². The van der Waals surface area contributed by atoms with Crippen LogP contribution in [0.1, 0.15) is 25.3 Å². The van der Waals surface area contributed by atoms with Crippen molar-refractivity contribution in [3.8, 4) is 0 Å². The normalized spacial score (nSPS) is 20.1. The van der Waals surface area contributed by atoms with Crippen LogP contribution < -0.4 is 5.32 Å². The summed E-state index contributed by atoms with van der Waals surface area (Å²) in [4.78, 5) is 29.0. The highest BCUT2D eigenvalue weighted by Crippen LogP contribution is 2.36. The number of amides is 2. The van der Waals surface area contributed by atoms with Gasteiger partial charge in [0, 0.05) is 24.7 Å². The average molecular weight is 448 g/mol. The Hall–Kier alpha value is -1.84. The van der Waals surface area contributed by atoms with Crippen LogP contribution in [0.3, 0.4) is 0 Å². The highest BCUT2D eigenvalue weighted by Gasteiger charge is 2.34. The van der Waals surface area contributed by atoms with Gasteiger partial charge in [-0.2, -0.15) is 13.2 Å². The Balaban J connectivity index is 1.54. The Kier molecular flexibility index (Phi) is 7.26. The third-order valence-corrected chi connectivity index (χ3v) is 6.00. The van der Waals surface area contributed by atoms with Crippen LogP contribution in [-0.2, 0) is 20.5 Å². The zero-order valence-electron chi connectivity index (χ0n) is 16.7. The van der Waals surface area contributed by atoms with Gasteiger partial charge in [0.25, 0.3) is 0 Å². The van der Waals surface area contributed by atoms with Crippen molar-refractivity contribution >= 4 is 29.1 Å². The molecule has 10 heteroatoms. The van der Waals surface area contributed by atoms with Crippen molar-refractivity contribution in [2.45, 2.75) is 32.0 Å². The van der Waals surface area contributed by atoms with Gasteiger partial charge in [-0.25, -0.2) is 0 Å². The third-order valence-electron chi connectivity index (χ3n) is 5.67. The molecule has 6 nitrogen and oxygen atoms in total. The minimum Gasteiger partial charge on any atom is -0.378 e. The first-order chi connectivity index (χ1) is 14.2. The van der Waals surface area contributed by atoms with E-state index in [0.29, 0.717) is 52.2 Å². The molecule has 2 saturated heterocycles. The molecule has 0 spiro atoms. The van der Waals surface area contributed by atoms with Crippen LogP contribution in [0.25, 0.3) is 0 Å².